The maximum absolute atomic E-state index is 12.3. The summed E-state index contributed by atoms with van der Waals surface area (Å²) in [6.45, 7) is -0.211. The number of amides is 2. The molecule has 148 valence electrons. The van der Waals surface area contributed by atoms with Crippen molar-refractivity contribution >= 4 is 23.5 Å². The van der Waals surface area contributed by atoms with Gasteiger partial charge in [-0.25, -0.2) is 0 Å². The molecule has 0 aromatic heterocycles. The first-order valence-corrected chi connectivity index (χ1v) is 8.42. The maximum atomic E-state index is 12.3. The van der Waals surface area contributed by atoms with Crippen LogP contribution < -0.4 is 20.1 Å². The summed E-state index contributed by atoms with van der Waals surface area (Å²) in [6, 6.07) is 11.6. The Hall–Kier alpha value is -3.55. The third-order valence-corrected chi connectivity index (χ3v) is 3.90. The summed E-state index contributed by atoms with van der Waals surface area (Å²) < 4.78 is 14.9. The van der Waals surface area contributed by atoms with E-state index in [-0.39, 0.29) is 18.9 Å². The molecule has 0 bridgehead atoms. The minimum atomic E-state index is -0.536. The van der Waals surface area contributed by atoms with Gasteiger partial charge in [-0.3, -0.25) is 14.4 Å². The molecule has 0 unspecified atom stereocenters. The van der Waals surface area contributed by atoms with Gasteiger partial charge in [0.2, 0.25) is 5.91 Å². The lowest BCUT2D eigenvalue weighted by Gasteiger charge is -2.11. The van der Waals surface area contributed by atoms with Crippen LogP contribution in [-0.4, -0.2) is 45.7 Å². The summed E-state index contributed by atoms with van der Waals surface area (Å²) in [6.07, 6.45) is 0.120. The highest BCUT2D eigenvalue weighted by Crippen LogP contribution is 2.25. The first-order chi connectivity index (χ1) is 13.5. The van der Waals surface area contributed by atoms with Crippen LogP contribution in [0.15, 0.2) is 42.5 Å². The zero-order valence-electron chi connectivity index (χ0n) is 15.9. The molecule has 28 heavy (non-hydrogen) atoms. The molecule has 2 N–H and O–H groups in total. The summed E-state index contributed by atoms with van der Waals surface area (Å²) in [4.78, 5) is 35.3. The predicted molar refractivity (Wildman–Crippen MR) is 103 cm³/mol. The molecule has 2 amide bonds. The molecule has 2 aromatic carbocycles. The van der Waals surface area contributed by atoms with E-state index in [9.17, 15) is 14.4 Å². The molecular weight excluding hydrogens is 364 g/mol. The number of esters is 1. The van der Waals surface area contributed by atoms with E-state index in [1.54, 1.807) is 49.6 Å². The molecule has 0 radical (unpaired) electrons. The summed E-state index contributed by atoms with van der Waals surface area (Å²) in [7, 11) is 4.33. The Bertz CT molecular complexity index is 848. The number of carbonyl (C=O) groups is 3. The molecule has 8 heteroatoms. The van der Waals surface area contributed by atoms with Crippen LogP contribution in [-0.2, 0) is 20.7 Å². The number of hydrogen-bond acceptors (Lipinski definition) is 6. The lowest BCUT2D eigenvalue weighted by atomic mass is 10.1. The van der Waals surface area contributed by atoms with Gasteiger partial charge in [0, 0.05) is 22.9 Å². The largest absolute Gasteiger partial charge is 0.497 e. The molecule has 2 rings (SSSR count). The van der Waals surface area contributed by atoms with Gasteiger partial charge in [-0.1, -0.05) is 6.07 Å². The van der Waals surface area contributed by atoms with E-state index in [0.29, 0.717) is 22.7 Å². The van der Waals surface area contributed by atoms with E-state index in [0.717, 1.165) is 5.56 Å². The fourth-order valence-corrected chi connectivity index (χ4v) is 2.41. The highest BCUT2D eigenvalue weighted by atomic mass is 16.5. The van der Waals surface area contributed by atoms with Crippen molar-refractivity contribution in [1.29, 1.82) is 0 Å². The van der Waals surface area contributed by atoms with Crippen LogP contribution in [0.5, 0.6) is 11.5 Å². The standard InChI is InChI=1S/C20H22N2O6/c1-26-16-9-6-14(17(11-16)27-2)10-18(23)22-15-7-4-13(5-8-15)20(25)21-12-19(24)28-3/h4-9,11H,10,12H2,1-3H3,(H,21,25)(H,22,23). The zero-order valence-corrected chi connectivity index (χ0v) is 15.9. The summed E-state index contributed by atoms with van der Waals surface area (Å²) in [5.41, 5.74) is 1.63. The molecule has 0 heterocycles. The normalized spacial score (nSPS) is 9.96. The fraction of sp³-hybridized carbons (Fsp3) is 0.250. The second-order valence-electron chi connectivity index (χ2n) is 5.74. The quantitative estimate of drug-likeness (QED) is 0.671. The highest BCUT2D eigenvalue weighted by molar-refractivity contribution is 5.97. The molecule has 0 aliphatic carbocycles. The van der Waals surface area contributed by atoms with Crippen molar-refractivity contribution in [2.24, 2.45) is 0 Å². The van der Waals surface area contributed by atoms with E-state index in [2.05, 4.69) is 15.4 Å². The number of methoxy groups -OCH3 is 3. The van der Waals surface area contributed by atoms with Crippen LogP contribution >= 0.6 is 0 Å². The molecule has 0 aliphatic heterocycles. The van der Waals surface area contributed by atoms with Crippen LogP contribution in [0.1, 0.15) is 15.9 Å². The van der Waals surface area contributed by atoms with Crippen molar-refractivity contribution in [2.45, 2.75) is 6.42 Å². The van der Waals surface area contributed by atoms with Gasteiger partial charge in [-0.05, 0) is 30.3 Å². The SMILES string of the molecule is COC(=O)CNC(=O)c1ccc(NC(=O)Cc2ccc(OC)cc2OC)cc1. The smallest absolute Gasteiger partial charge is 0.325 e. The Kier molecular flexibility index (Phi) is 7.38. The summed E-state index contributed by atoms with van der Waals surface area (Å²) in [5, 5.41) is 5.20. The lowest BCUT2D eigenvalue weighted by molar-refractivity contribution is -0.139. The minimum absolute atomic E-state index is 0.120. The van der Waals surface area contributed by atoms with Crippen molar-refractivity contribution in [1.82, 2.24) is 5.32 Å². The number of benzene rings is 2. The third kappa shape index (κ3) is 5.73. The molecule has 0 saturated carbocycles. The Morgan fingerprint density at radius 2 is 1.64 bits per heavy atom. The molecule has 0 fully saturated rings. The summed E-state index contributed by atoms with van der Waals surface area (Å²) >= 11 is 0. The Morgan fingerprint density at radius 3 is 2.25 bits per heavy atom. The molecule has 0 atom stereocenters. The van der Waals surface area contributed by atoms with Crippen LogP contribution in [0.2, 0.25) is 0 Å². The number of ether oxygens (including phenoxy) is 3. The Morgan fingerprint density at radius 1 is 0.929 bits per heavy atom. The topological polar surface area (TPSA) is 103 Å². The van der Waals surface area contributed by atoms with E-state index in [1.165, 1.54) is 14.2 Å². The van der Waals surface area contributed by atoms with Crippen molar-refractivity contribution in [3.05, 3.63) is 53.6 Å². The zero-order chi connectivity index (χ0) is 20.5. The van der Waals surface area contributed by atoms with Crippen LogP contribution in [0, 0.1) is 0 Å². The van der Waals surface area contributed by atoms with Gasteiger partial charge in [0.1, 0.15) is 18.0 Å². The molecule has 0 spiro atoms. The maximum Gasteiger partial charge on any atom is 0.325 e. The Labute approximate surface area is 162 Å². The van der Waals surface area contributed by atoms with Gasteiger partial charge in [0.15, 0.2) is 0 Å². The van der Waals surface area contributed by atoms with Crippen molar-refractivity contribution in [2.75, 3.05) is 33.2 Å². The third-order valence-electron chi connectivity index (χ3n) is 3.90. The number of anilines is 1. The molecule has 2 aromatic rings. The fourth-order valence-electron chi connectivity index (χ4n) is 2.41. The van der Waals surface area contributed by atoms with Gasteiger partial charge in [0.05, 0.1) is 27.8 Å². The van der Waals surface area contributed by atoms with Gasteiger partial charge in [0.25, 0.3) is 5.91 Å². The molecular formula is C20H22N2O6. The van der Waals surface area contributed by atoms with Gasteiger partial charge >= 0.3 is 5.97 Å². The van der Waals surface area contributed by atoms with E-state index >= 15 is 0 Å². The van der Waals surface area contributed by atoms with E-state index in [1.807, 2.05) is 0 Å². The van der Waals surface area contributed by atoms with E-state index in [4.69, 9.17) is 9.47 Å². The lowest BCUT2D eigenvalue weighted by Crippen LogP contribution is -2.30. The number of nitrogens with one attached hydrogen (secondary N) is 2. The van der Waals surface area contributed by atoms with Crippen LogP contribution in [0.3, 0.4) is 0 Å². The van der Waals surface area contributed by atoms with Crippen LogP contribution in [0.25, 0.3) is 0 Å². The monoisotopic (exact) mass is 386 g/mol. The number of rotatable bonds is 8. The molecule has 8 nitrogen and oxygen atoms in total. The number of carbonyl (C=O) groups excluding carboxylic acids is 3. The van der Waals surface area contributed by atoms with Crippen molar-refractivity contribution in [3.63, 3.8) is 0 Å². The van der Waals surface area contributed by atoms with Crippen LogP contribution in [0.4, 0.5) is 5.69 Å². The average Bonchev–Trinajstić information content (AvgIpc) is 2.72. The minimum Gasteiger partial charge on any atom is -0.497 e. The van der Waals surface area contributed by atoms with Gasteiger partial charge in [-0.15, -0.1) is 0 Å². The molecule has 0 saturated heterocycles. The predicted octanol–water partition coefficient (Wildman–Crippen LogP) is 1.79. The first kappa shape index (κ1) is 20.8. The first-order valence-electron chi connectivity index (χ1n) is 8.42. The number of hydrogen-bond donors (Lipinski definition) is 2. The van der Waals surface area contributed by atoms with E-state index < -0.39 is 11.9 Å². The highest BCUT2D eigenvalue weighted by Gasteiger charge is 2.12. The second-order valence-corrected chi connectivity index (χ2v) is 5.74. The van der Waals surface area contributed by atoms with Gasteiger partial charge < -0.3 is 24.8 Å². The summed E-state index contributed by atoms with van der Waals surface area (Å²) in [5.74, 6) is 0.0259. The Balaban J connectivity index is 1.96. The average molecular weight is 386 g/mol. The molecule has 0 aliphatic rings. The van der Waals surface area contributed by atoms with Gasteiger partial charge in [-0.2, -0.15) is 0 Å². The second kappa shape index (κ2) is 9.96. The van der Waals surface area contributed by atoms with Crippen molar-refractivity contribution < 1.29 is 28.6 Å². The van der Waals surface area contributed by atoms with Crippen molar-refractivity contribution in [3.8, 4) is 11.5 Å².